The van der Waals surface area contributed by atoms with E-state index in [1.165, 1.54) is 0 Å². The zero-order chi connectivity index (χ0) is 22.9. The average Bonchev–Trinajstić information content (AvgIpc) is 2.86. The Labute approximate surface area is 189 Å². The van der Waals surface area contributed by atoms with Crippen molar-refractivity contribution >= 4 is 0 Å². The number of hydrogen-bond acceptors (Lipinski definition) is 6. The summed E-state index contributed by atoms with van der Waals surface area (Å²) in [5, 5.41) is 13.8. The number of aliphatic hydroxyl groups is 1. The normalized spacial score (nSPS) is 12.7. The fourth-order valence-electron chi connectivity index (χ4n) is 3.77. The minimum atomic E-state index is -0.227. The molecule has 3 aromatic carbocycles. The van der Waals surface area contributed by atoms with Gasteiger partial charge in [0, 0.05) is 6.04 Å². The van der Waals surface area contributed by atoms with Crippen LogP contribution in [0, 0.1) is 0 Å². The van der Waals surface area contributed by atoms with Gasteiger partial charge < -0.3 is 29.4 Å². The van der Waals surface area contributed by atoms with Gasteiger partial charge in [0.15, 0.2) is 23.0 Å². The monoisotopic (exact) mass is 437 g/mol. The van der Waals surface area contributed by atoms with Crippen molar-refractivity contribution in [3.05, 3.63) is 83.4 Å². The lowest BCUT2D eigenvalue weighted by Gasteiger charge is -2.26. The number of methoxy groups -OCH3 is 4. The van der Waals surface area contributed by atoms with Gasteiger partial charge in [-0.25, -0.2) is 0 Å². The van der Waals surface area contributed by atoms with Crippen LogP contribution in [-0.4, -0.2) is 40.2 Å². The molecule has 0 aromatic heterocycles. The van der Waals surface area contributed by atoms with E-state index in [-0.39, 0.29) is 18.7 Å². The van der Waals surface area contributed by atoms with Gasteiger partial charge in [0.2, 0.25) is 0 Å². The summed E-state index contributed by atoms with van der Waals surface area (Å²) < 4.78 is 21.8. The van der Waals surface area contributed by atoms with Gasteiger partial charge in [-0.15, -0.1) is 0 Å². The van der Waals surface area contributed by atoms with Crippen molar-refractivity contribution in [1.29, 1.82) is 0 Å². The van der Waals surface area contributed by atoms with E-state index in [0.29, 0.717) is 29.4 Å². The van der Waals surface area contributed by atoms with Gasteiger partial charge in [-0.2, -0.15) is 0 Å². The van der Waals surface area contributed by atoms with Gasteiger partial charge in [0.25, 0.3) is 0 Å². The Morgan fingerprint density at radius 3 is 1.84 bits per heavy atom. The molecule has 170 valence electrons. The smallest absolute Gasteiger partial charge is 0.161 e. The van der Waals surface area contributed by atoms with Gasteiger partial charge in [-0.3, -0.25) is 0 Å². The molecule has 0 heterocycles. The van der Waals surface area contributed by atoms with E-state index >= 15 is 0 Å². The highest BCUT2D eigenvalue weighted by Gasteiger charge is 2.21. The molecule has 0 unspecified atom stereocenters. The summed E-state index contributed by atoms with van der Waals surface area (Å²) in [4.78, 5) is 0. The Kier molecular flexibility index (Phi) is 8.36. The minimum Gasteiger partial charge on any atom is -0.493 e. The molecular formula is C26H31NO5. The van der Waals surface area contributed by atoms with Crippen molar-refractivity contribution in [2.75, 3.05) is 35.0 Å². The maximum absolute atomic E-state index is 10.1. The molecule has 0 bridgehead atoms. The van der Waals surface area contributed by atoms with Crippen LogP contribution >= 0.6 is 0 Å². The average molecular weight is 438 g/mol. The Hall–Kier alpha value is -3.22. The molecule has 0 radical (unpaired) electrons. The second kappa shape index (κ2) is 11.4. The van der Waals surface area contributed by atoms with Gasteiger partial charge in [-0.1, -0.05) is 42.5 Å². The Balaban J connectivity index is 1.97. The van der Waals surface area contributed by atoms with Crippen molar-refractivity contribution in [1.82, 2.24) is 5.32 Å². The summed E-state index contributed by atoms with van der Waals surface area (Å²) in [6.45, 7) is -0.0280. The summed E-state index contributed by atoms with van der Waals surface area (Å²) in [5.74, 6) is 2.69. The molecular weight excluding hydrogens is 406 g/mol. The van der Waals surface area contributed by atoms with Gasteiger partial charge >= 0.3 is 0 Å². The SMILES string of the molecule is COc1ccc(C[C@H](N[C@H](CO)c2ccccc2)c2ccc(OC)c(OC)c2)cc1OC. The van der Waals surface area contributed by atoms with Crippen LogP contribution in [0.3, 0.4) is 0 Å². The van der Waals surface area contributed by atoms with E-state index in [0.717, 1.165) is 16.7 Å². The second-order valence-corrected chi connectivity index (χ2v) is 7.37. The largest absolute Gasteiger partial charge is 0.493 e. The van der Waals surface area contributed by atoms with E-state index in [4.69, 9.17) is 18.9 Å². The lowest BCUT2D eigenvalue weighted by atomic mass is 9.96. The highest BCUT2D eigenvalue weighted by atomic mass is 16.5. The highest BCUT2D eigenvalue weighted by Crippen LogP contribution is 2.34. The van der Waals surface area contributed by atoms with Crippen molar-refractivity contribution in [3.63, 3.8) is 0 Å². The third-order valence-corrected chi connectivity index (χ3v) is 5.48. The first-order chi connectivity index (χ1) is 15.6. The van der Waals surface area contributed by atoms with E-state index in [1.807, 2.05) is 66.7 Å². The number of hydrogen-bond donors (Lipinski definition) is 2. The van der Waals surface area contributed by atoms with Gasteiger partial charge in [-0.05, 0) is 47.4 Å². The van der Waals surface area contributed by atoms with Crippen LogP contribution in [0.1, 0.15) is 28.8 Å². The van der Waals surface area contributed by atoms with Crippen molar-refractivity contribution in [2.45, 2.75) is 18.5 Å². The molecule has 0 aliphatic heterocycles. The van der Waals surface area contributed by atoms with Crippen molar-refractivity contribution in [2.24, 2.45) is 0 Å². The Morgan fingerprint density at radius 2 is 1.25 bits per heavy atom. The van der Waals surface area contributed by atoms with Crippen LogP contribution < -0.4 is 24.3 Å². The van der Waals surface area contributed by atoms with E-state index in [9.17, 15) is 5.11 Å². The quantitative estimate of drug-likeness (QED) is 0.465. The molecule has 0 fully saturated rings. The molecule has 0 spiro atoms. The number of aliphatic hydroxyl groups excluding tert-OH is 1. The molecule has 3 rings (SSSR count). The van der Waals surface area contributed by atoms with Crippen LogP contribution in [0.15, 0.2) is 66.7 Å². The summed E-state index contributed by atoms with van der Waals surface area (Å²) in [6, 6.07) is 21.4. The summed E-state index contributed by atoms with van der Waals surface area (Å²) >= 11 is 0. The zero-order valence-corrected chi connectivity index (χ0v) is 19.0. The number of nitrogens with one attached hydrogen (secondary N) is 1. The third kappa shape index (κ3) is 5.52. The molecule has 2 N–H and O–H groups in total. The highest BCUT2D eigenvalue weighted by molar-refractivity contribution is 5.46. The first-order valence-electron chi connectivity index (χ1n) is 10.5. The summed E-state index contributed by atoms with van der Waals surface area (Å²) in [7, 11) is 6.49. The third-order valence-electron chi connectivity index (χ3n) is 5.48. The van der Waals surface area contributed by atoms with Crippen molar-refractivity contribution < 1.29 is 24.1 Å². The van der Waals surface area contributed by atoms with Crippen LogP contribution in [0.4, 0.5) is 0 Å². The van der Waals surface area contributed by atoms with Crippen LogP contribution in [-0.2, 0) is 6.42 Å². The Bertz CT molecular complexity index is 993. The zero-order valence-electron chi connectivity index (χ0n) is 19.0. The molecule has 6 heteroatoms. The van der Waals surface area contributed by atoms with Gasteiger partial charge in [0.1, 0.15) is 0 Å². The van der Waals surface area contributed by atoms with Crippen molar-refractivity contribution in [3.8, 4) is 23.0 Å². The molecule has 3 aromatic rings. The second-order valence-electron chi connectivity index (χ2n) is 7.37. The Morgan fingerprint density at radius 1 is 0.656 bits per heavy atom. The molecule has 0 aliphatic rings. The van der Waals surface area contributed by atoms with E-state index in [2.05, 4.69) is 5.32 Å². The lowest BCUT2D eigenvalue weighted by Crippen LogP contribution is -2.30. The lowest BCUT2D eigenvalue weighted by molar-refractivity contribution is 0.232. The molecule has 0 aliphatic carbocycles. The summed E-state index contributed by atoms with van der Waals surface area (Å²) in [6.07, 6.45) is 0.666. The predicted molar refractivity (Wildman–Crippen MR) is 125 cm³/mol. The number of benzene rings is 3. The minimum absolute atomic E-state index is 0.0280. The maximum atomic E-state index is 10.1. The molecule has 0 saturated carbocycles. The van der Waals surface area contributed by atoms with E-state index in [1.54, 1.807) is 28.4 Å². The summed E-state index contributed by atoms with van der Waals surface area (Å²) in [5.41, 5.74) is 3.11. The number of ether oxygens (including phenoxy) is 4. The molecule has 32 heavy (non-hydrogen) atoms. The van der Waals surface area contributed by atoms with Gasteiger partial charge in [0.05, 0.1) is 41.1 Å². The molecule has 0 amide bonds. The van der Waals surface area contributed by atoms with Crippen LogP contribution in [0.25, 0.3) is 0 Å². The van der Waals surface area contributed by atoms with Crippen LogP contribution in [0.5, 0.6) is 23.0 Å². The maximum Gasteiger partial charge on any atom is 0.161 e. The predicted octanol–water partition coefficient (Wildman–Crippen LogP) is 4.33. The molecule has 0 saturated heterocycles. The fourth-order valence-corrected chi connectivity index (χ4v) is 3.77. The molecule has 6 nitrogen and oxygen atoms in total. The fraction of sp³-hybridized carbons (Fsp3) is 0.308. The first-order valence-corrected chi connectivity index (χ1v) is 10.5. The van der Waals surface area contributed by atoms with E-state index < -0.39 is 0 Å². The number of rotatable bonds is 11. The van der Waals surface area contributed by atoms with Crippen LogP contribution in [0.2, 0.25) is 0 Å². The standard InChI is InChI=1S/C26H31NO5/c1-29-23-12-10-18(15-25(23)31-3)14-21(20-11-13-24(30-2)26(16-20)32-4)27-22(17-28)19-8-6-5-7-9-19/h5-13,15-16,21-22,27-28H,14,17H2,1-4H3/t21-,22+/m0/s1. The topological polar surface area (TPSA) is 69.2 Å². The first kappa shape index (κ1) is 23.4. The molecule has 2 atom stereocenters.